The average Bonchev–Trinajstić information content (AvgIpc) is 2.21. The summed E-state index contributed by atoms with van der Waals surface area (Å²) in [6.07, 6.45) is 2.29. The quantitative estimate of drug-likeness (QED) is 0.716. The lowest BCUT2D eigenvalue weighted by Crippen LogP contribution is -2.16. The maximum absolute atomic E-state index is 13.2. The summed E-state index contributed by atoms with van der Waals surface area (Å²) in [5, 5.41) is 3.20. The lowest BCUT2D eigenvalue weighted by Gasteiger charge is -2.05. The van der Waals surface area contributed by atoms with Crippen LogP contribution in [0.4, 0.5) is 8.78 Å². The van der Waals surface area contributed by atoms with E-state index in [1.165, 1.54) is 18.2 Å². The summed E-state index contributed by atoms with van der Waals surface area (Å²) in [6, 6.07) is 4.00. The molecule has 0 bridgehead atoms. The number of hydrogen-bond acceptors (Lipinski definition) is 1. The molecule has 0 aliphatic carbocycles. The lowest BCUT2D eigenvalue weighted by molar-refractivity contribution is 0.543. The van der Waals surface area contributed by atoms with Gasteiger partial charge in [-0.05, 0) is 44.5 Å². The number of benzene rings is 1. The van der Waals surface area contributed by atoms with Gasteiger partial charge in [-0.25, -0.2) is 8.78 Å². The molecule has 1 aromatic carbocycles. The van der Waals surface area contributed by atoms with E-state index in [0.717, 1.165) is 25.9 Å². The molecular weight excluding hydrogens is 196 g/mol. The molecule has 84 valence electrons. The van der Waals surface area contributed by atoms with E-state index < -0.39 is 11.6 Å². The first-order valence-electron chi connectivity index (χ1n) is 5.39. The molecular formula is C12H17F2N. The van der Waals surface area contributed by atoms with Crippen LogP contribution < -0.4 is 5.32 Å². The third kappa shape index (κ3) is 3.96. The fraction of sp³-hybridized carbons (Fsp3) is 0.500. The molecule has 0 heterocycles. The topological polar surface area (TPSA) is 12.0 Å². The molecule has 0 saturated carbocycles. The van der Waals surface area contributed by atoms with E-state index in [4.69, 9.17) is 0 Å². The summed E-state index contributed by atoms with van der Waals surface area (Å²) < 4.78 is 26.3. The largest absolute Gasteiger partial charge is 0.317 e. The Morgan fingerprint density at radius 2 is 1.80 bits per heavy atom. The predicted molar refractivity (Wildman–Crippen MR) is 57.8 cm³/mol. The van der Waals surface area contributed by atoms with E-state index in [2.05, 4.69) is 12.2 Å². The number of hydrogen-bond donors (Lipinski definition) is 1. The van der Waals surface area contributed by atoms with Crippen LogP contribution in [-0.4, -0.2) is 13.1 Å². The molecule has 3 heteroatoms. The Labute approximate surface area is 89.5 Å². The molecule has 0 radical (unpaired) electrons. The van der Waals surface area contributed by atoms with Gasteiger partial charge in [0.15, 0.2) is 0 Å². The fourth-order valence-electron chi connectivity index (χ4n) is 1.46. The molecule has 0 spiro atoms. The molecule has 0 aliphatic rings. The minimum absolute atomic E-state index is 0.204. The molecule has 0 saturated heterocycles. The van der Waals surface area contributed by atoms with Crippen molar-refractivity contribution < 1.29 is 8.78 Å². The van der Waals surface area contributed by atoms with Crippen LogP contribution in [0.1, 0.15) is 25.3 Å². The smallest absolute Gasteiger partial charge is 0.129 e. The Morgan fingerprint density at radius 1 is 1.13 bits per heavy atom. The summed E-state index contributed by atoms with van der Waals surface area (Å²) in [4.78, 5) is 0. The molecule has 0 aliphatic heterocycles. The van der Waals surface area contributed by atoms with Gasteiger partial charge in [-0.2, -0.15) is 0 Å². The van der Waals surface area contributed by atoms with Crippen molar-refractivity contribution in [2.75, 3.05) is 13.1 Å². The summed E-state index contributed by atoms with van der Waals surface area (Å²) in [6.45, 7) is 3.85. The van der Waals surface area contributed by atoms with Gasteiger partial charge >= 0.3 is 0 Å². The van der Waals surface area contributed by atoms with Crippen molar-refractivity contribution in [1.29, 1.82) is 0 Å². The fourth-order valence-corrected chi connectivity index (χ4v) is 1.46. The van der Waals surface area contributed by atoms with Crippen LogP contribution in [0.25, 0.3) is 0 Å². The molecule has 0 fully saturated rings. The third-order valence-electron chi connectivity index (χ3n) is 2.27. The van der Waals surface area contributed by atoms with Crippen molar-refractivity contribution >= 4 is 0 Å². The van der Waals surface area contributed by atoms with Crippen LogP contribution in [-0.2, 0) is 6.42 Å². The highest BCUT2D eigenvalue weighted by molar-refractivity contribution is 5.19. The van der Waals surface area contributed by atoms with E-state index in [0.29, 0.717) is 6.42 Å². The van der Waals surface area contributed by atoms with Crippen LogP contribution in [0, 0.1) is 11.6 Å². The zero-order valence-electron chi connectivity index (χ0n) is 9.02. The highest BCUT2D eigenvalue weighted by Crippen LogP contribution is 2.13. The van der Waals surface area contributed by atoms with Gasteiger partial charge in [-0.15, -0.1) is 0 Å². The molecule has 0 amide bonds. The van der Waals surface area contributed by atoms with E-state index >= 15 is 0 Å². The molecule has 15 heavy (non-hydrogen) atoms. The monoisotopic (exact) mass is 213 g/mol. The first-order chi connectivity index (χ1) is 7.25. The van der Waals surface area contributed by atoms with Crippen LogP contribution in [0.15, 0.2) is 18.2 Å². The Morgan fingerprint density at radius 3 is 2.40 bits per heavy atom. The Bertz CT molecular complexity index is 279. The summed E-state index contributed by atoms with van der Waals surface area (Å²) >= 11 is 0. The predicted octanol–water partition coefficient (Wildman–Crippen LogP) is 2.90. The lowest BCUT2D eigenvalue weighted by atomic mass is 10.1. The Hall–Kier alpha value is -0.960. The van der Waals surface area contributed by atoms with E-state index in [9.17, 15) is 8.78 Å². The second kappa shape index (κ2) is 6.51. The van der Waals surface area contributed by atoms with Crippen LogP contribution in [0.3, 0.4) is 0 Å². The standard InChI is InChI=1S/C12H17F2N/c1-2-8-15-9-4-5-10-11(13)6-3-7-12(10)14/h3,6-7,15H,2,4-5,8-9H2,1H3. The van der Waals surface area contributed by atoms with Crippen LogP contribution in [0.2, 0.25) is 0 Å². The van der Waals surface area contributed by atoms with E-state index in [-0.39, 0.29) is 5.56 Å². The van der Waals surface area contributed by atoms with Crippen molar-refractivity contribution in [3.8, 4) is 0 Å². The second-order valence-electron chi connectivity index (χ2n) is 3.55. The SMILES string of the molecule is CCCNCCCc1c(F)cccc1F. The Balaban J connectivity index is 2.37. The van der Waals surface area contributed by atoms with Gasteiger partial charge in [-0.1, -0.05) is 13.0 Å². The number of nitrogens with one attached hydrogen (secondary N) is 1. The molecule has 1 rings (SSSR count). The van der Waals surface area contributed by atoms with Crippen molar-refractivity contribution in [2.45, 2.75) is 26.2 Å². The van der Waals surface area contributed by atoms with Gasteiger partial charge in [0.1, 0.15) is 11.6 Å². The molecule has 1 aromatic rings. The van der Waals surface area contributed by atoms with Gasteiger partial charge in [0.25, 0.3) is 0 Å². The van der Waals surface area contributed by atoms with Gasteiger partial charge in [-0.3, -0.25) is 0 Å². The normalized spacial score (nSPS) is 10.6. The van der Waals surface area contributed by atoms with Crippen LogP contribution >= 0.6 is 0 Å². The van der Waals surface area contributed by atoms with Gasteiger partial charge in [0.05, 0.1) is 0 Å². The molecule has 0 aromatic heterocycles. The van der Waals surface area contributed by atoms with Gasteiger partial charge in [0, 0.05) is 5.56 Å². The highest BCUT2D eigenvalue weighted by Gasteiger charge is 2.06. The van der Waals surface area contributed by atoms with Crippen molar-refractivity contribution in [3.63, 3.8) is 0 Å². The van der Waals surface area contributed by atoms with E-state index in [1.54, 1.807) is 0 Å². The van der Waals surface area contributed by atoms with Gasteiger partial charge < -0.3 is 5.32 Å². The van der Waals surface area contributed by atoms with E-state index in [1.807, 2.05) is 0 Å². The third-order valence-corrected chi connectivity index (χ3v) is 2.27. The molecule has 0 atom stereocenters. The minimum atomic E-state index is -0.439. The summed E-state index contributed by atoms with van der Waals surface area (Å²) in [5.74, 6) is -0.879. The number of halogens is 2. The number of rotatable bonds is 6. The second-order valence-corrected chi connectivity index (χ2v) is 3.55. The maximum Gasteiger partial charge on any atom is 0.129 e. The van der Waals surface area contributed by atoms with Crippen molar-refractivity contribution in [3.05, 3.63) is 35.4 Å². The summed E-state index contributed by atoms with van der Waals surface area (Å²) in [7, 11) is 0. The van der Waals surface area contributed by atoms with Crippen LogP contribution in [0.5, 0.6) is 0 Å². The maximum atomic E-state index is 13.2. The highest BCUT2D eigenvalue weighted by atomic mass is 19.1. The van der Waals surface area contributed by atoms with Crippen molar-refractivity contribution in [2.24, 2.45) is 0 Å². The minimum Gasteiger partial charge on any atom is -0.317 e. The zero-order valence-corrected chi connectivity index (χ0v) is 9.02. The average molecular weight is 213 g/mol. The molecule has 0 unspecified atom stereocenters. The van der Waals surface area contributed by atoms with Crippen molar-refractivity contribution in [1.82, 2.24) is 5.32 Å². The first kappa shape index (κ1) is 12.1. The molecule has 1 N–H and O–H groups in total. The Kier molecular flexibility index (Phi) is 5.26. The van der Waals surface area contributed by atoms with Gasteiger partial charge in [0.2, 0.25) is 0 Å². The summed E-state index contributed by atoms with van der Waals surface area (Å²) in [5.41, 5.74) is 0.204. The molecule has 1 nitrogen and oxygen atoms in total. The first-order valence-corrected chi connectivity index (χ1v) is 5.39. The zero-order chi connectivity index (χ0) is 11.1.